The van der Waals surface area contributed by atoms with Crippen LogP contribution in [-0.4, -0.2) is 25.3 Å². The number of nitrogens with zero attached hydrogens (tertiary/aromatic N) is 1. The summed E-state index contributed by atoms with van der Waals surface area (Å²) in [6.07, 6.45) is 2.34. The molecule has 0 aliphatic carbocycles. The second kappa shape index (κ2) is 9.93. The van der Waals surface area contributed by atoms with Crippen molar-refractivity contribution in [3.8, 4) is 11.8 Å². The molecule has 1 fully saturated rings. The van der Waals surface area contributed by atoms with Gasteiger partial charge in [0.2, 0.25) is 0 Å². The van der Waals surface area contributed by atoms with Crippen molar-refractivity contribution in [1.29, 1.82) is 0 Å². The molecule has 0 bridgehead atoms. The van der Waals surface area contributed by atoms with Crippen LogP contribution in [-0.2, 0) is 0 Å². The van der Waals surface area contributed by atoms with Gasteiger partial charge in [-0.1, -0.05) is 24.7 Å². The molecule has 0 unspecified atom stereocenters. The first-order valence-corrected chi connectivity index (χ1v) is 5.18. The molecule has 0 atom stereocenters. The van der Waals surface area contributed by atoms with Crippen molar-refractivity contribution >= 4 is 0 Å². The van der Waals surface area contributed by atoms with Gasteiger partial charge in [-0.15, -0.1) is 13.1 Å². The maximum atomic E-state index is 7.00. The summed E-state index contributed by atoms with van der Waals surface area (Å²) in [5, 5.41) is 11.3. The summed E-state index contributed by atoms with van der Waals surface area (Å²) in [7, 11) is 1.00. The summed E-state index contributed by atoms with van der Waals surface area (Å²) in [5.74, 6) is 7.26. The Morgan fingerprint density at radius 1 is 1.13 bits per heavy atom. The molecule has 0 saturated carbocycles. The van der Waals surface area contributed by atoms with Crippen LogP contribution in [0.25, 0.3) is 5.32 Å². The molecule has 0 amide bonds. The Balaban J connectivity index is 0. The smallest absolute Gasteiger partial charge is 0.0319 e. The van der Waals surface area contributed by atoms with Gasteiger partial charge < -0.3 is 10.4 Å². The summed E-state index contributed by atoms with van der Waals surface area (Å²) in [6, 6.07) is 0. The molecular formula is C12H22HoNO-. The summed E-state index contributed by atoms with van der Waals surface area (Å²) in [6.45, 7) is 8.51. The minimum absolute atomic E-state index is 0. The Morgan fingerprint density at radius 2 is 1.60 bits per heavy atom. The second-order valence-electron chi connectivity index (χ2n) is 4.46. The zero-order valence-electron chi connectivity index (χ0n) is 10.1. The van der Waals surface area contributed by atoms with Crippen LogP contribution in [0.15, 0.2) is 0 Å². The molecule has 0 aromatic rings. The predicted octanol–water partition coefficient (Wildman–Crippen LogP) is 2.43. The van der Waals surface area contributed by atoms with Crippen LogP contribution in [0.2, 0.25) is 0 Å². The van der Waals surface area contributed by atoms with Crippen molar-refractivity contribution in [2.45, 2.75) is 33.6 Å². The van der Waals surface area contributed by atoms with Crippen LogP contribution >= 0.6 is 0 Å². The Labute approximate surface area is 124 Å². The van der Waals surface area contributed by atoms with Gasteiger partial charge in [0.05, 0.1) is 0 Å². The molecule has 1 aliphatic heterocycles. The van der Waals surface area contributed by atoms with Gasteiger partial charge in [0.1, 0.15) is 0 Å². The molecule has 15 heavy (non-hydrogen) atoms. The number of aliphatic hydroxyl groups excluding tert-OH is 1. The largest absolute Gasteiger partial charge is 0.662 e. The summed E-state index contributed by atoms with van der Waals surface area (Å²) in [4.78, 5) is 0. The molecule has 0 spiro atoms. The van der Waals surface area contributed by atoms with E-state index in [1.807, 2.05) is 0 Å². The molecule has 3 heteroatoms. The molecule has 0 aromatic heterocycles. The minimum atomic E-state index is 0. The average molecular weight is 361 g/mol. The van der Waals surface area contributed by atoms with Crippen LogP contribution in [0.4, 0.5) is 0 Å². The number of rotatable bonds is 0. The fraction of sp³-hybridized carbons (Fsp3) is 0.833. The van der Waals surface area contributed by atoms with Gasteiger partial charge in [0, 0.05) is 56.2 Å². The second-order valence-corrected chi connectivity index (χ2v) is 4.46. The SMILES string of the molecule is CC(C)(C)C#CC1CC[N-]CC1.CO.[Ho]. The van der Waals surface area contributed by atoms with Crippen molar-refractivity contribution in [2.24, 2.45) is 11.3 Å². The van der Waals surface area contributed by atoms with Crippen molar-refractivity contribution in [1.82, 2.24) is 0 Å². The van der Waals surface area contributed by atoms with E-state index < -0.39 is 0 Å². The molecule has 1 aliphatic rings. The van der Waals surface area contributed by atoms with Gasteiger partial charge in [-0.2, -0.15) is 0 Å². The average Bonchev–Trinajstić information content (AvgIpc) is 2.19. The first kappa shape index (κ1) is 18.1. The first-order chi connectivity index (χ1) is 6.58. The monoisotopic (exact) mass is 361 g/mol. The van der Waals surface area contributed by atoms with Crippen molar-refractivity contribution in [3.05, 3.63) is 5.32 Å². The third-order valence-corrected chi connectivity index (χ3v) is 1.92. The van der Waals surface area contributed by atoms with E-state index >= 15 is 0 Å². The molecule has 1 rings (SSSR count). The summed E-state index contributed by atoms with van der Waals surface area (Å²) < 4.78 is 0. The minimum Gasteiger partial charge on any atom is -0.662 e. The molecule has 1 radical (unpaired) electrons. The Bertz CT molecular complexity index is 194. The number of piperidine rings is 1. The van der Waals surface area contributed by atoms with E-state index in [1.54, 1.807) is 0 Å². The Hall–Kier alpha value is 0.740. The Kier molecular flexibility index (Phi) is 12.0. The van der Waals surface area contributed by atoms with Crippen LogP contribution in [0, 0.1) is 60.9 Å². The maximum Gasteiger partial charge on any atom is 0.0319 e. The van der Waals surface area contributed by atoms with Gasteiger partial charge in [-0.05, 0) is 20.8 Å². The zero-order chi connectivity index (χ0) is 11.0. The maximum absolute atomic E-state index is 7.00. The van der Waals surface area contributed by atoms with Gasteiger partial charge in [0.25, 0.3) is 0 Å². The standard InChI is InChI=1S/C11H18N.CH4O.Ho/c1-11(2,3)7-4-10-5-8-12-9-6-10;1-2;/h10H,5-6,8-9H2,1-3H3;2H,1H3;/q-1;;. The van der Waals surface area contributed by atoms with E-state index in [4.69, 9.17) is 5.11 Å². The van der Waals surface area contributed by atoms with Crippen LogP contribution in [0.5, 0.6) is 0 Å². The van der Waals surface area contributed by atoms with E-state index in [9.17, 15) is 0 Å². The normalized spacial score (nSPS) is 16.3. The molecule has 0 aromatic carbocycles. The summed E-state index contributed by atoms with van der Waals surface area (Å²) in [5.41, 5.74) is 0.161. The number of hydrogen-bond acceptors (Lipinski definition) is 1. The molecule has 93 valence electrons. The van der Waals surface area contributed by atoms with Crippen molar-refractivity contribution in [3.63, 3.8) is 0 Å². The van der Waals surface area contributed by atoms with Crippen molar-refractivity contribution < 1.29 is 42.8 Å². The Morgan fingerprint density at radius 3 is 2.00 bits per heavy atom. The fourth-order valence-electron chi connectivity index (χ4n) is 1.21. The molecular weight excluding hydrogens is 339 g/mol. The van der Waals surface area contributed by atoms with E-state index in [-0.39, 0.29) is 43.2 Å². The molecule has 1 saturated heterocycles. The first-order valence-electron chi connectivity index (χ1n) is 5.18. The fourth-order valence-corrected chi connectivity index (χ4v) is 1.21. The van der Waals surface area contributed by atoms with E-state index in [1.165, 1.54) is 12.8 Å². The quantitative estimate of drug-likeness (QED) is 0.522. The third kappa shape index (κ3) is 11.0. The molecule has 2 nitrogen and oxygen atoms in total. The number of hydrogen-bond donors (Lipinski definition) is 1. The van der Waals surface area contributed by atoms with Gasteiger partial charge >= 0.3 is 0 Å². The van der Waals surface area contributed by atoms with Gasteiger partial charge in [-0.25, -0.2) is 0 Å². The van der Waals surface area contributed by atoms with E-state index in [0.717, 1.165) is 20.2 Å². The zero-order valence-corrected chi connectivity index (χ0v) is 12.0. The predicted molar refractivity (Wildman–Crippen MR) is 61.2 cm³/mol. The summed E-state index contributed by atoms with van der Waals surface area (Å²) >= 11 is 0. The van der Waals surface area contributed by atoms with E-state index in [0.29, 0.717) is 5.92 Å². The van der Waals surface area contributed by atoms with Crippen LogP contribution < -0.4 is 0 Å². The van der Waals surface area contributed by atoms with Gasteiger partial charge in [0.15, 0.2) is 0 Å². The van der Waals surface area contributed by atoms with Gasteiger partial charge in [-0.3, -0.25) is 0 Å². The van der Waals surface area contributed by atoms with Crippen LogP contribution in [0.3, 0.4) is 0 Å². The number of aliphatic hydroxyl groups is 1. The van der Waals surface area contributed by atoms with Crippen molar-refractivity contribution in [2.75, 3.05) is 20.2 Å². The van der Waals surface area contributed by atoms with E-state index in [2.05, 4.69) is 37.9 Å². The van der Waals surface area contributed by atoms with Crippen LogP contribution in [0.1, 0.15) is 33.6 Å². The topological polar surface area (TPSA) is 34.3 Å². The molecule has 1 heterocycles. The molecule has 1 N–H and O–H groups in total. The third-order valence-electron chi connectivity index (χ3n) is 1.92.